The Morgan fingerprint density at radius 1 is 1.37 bits per heavy atom. The Kier molecular flexibility index (Phi) is 4.74. The zero-order chi connectivity index (χ0) is 13.7. The summed E-state index contributed by atoms with van der Waals surface area (Å²) in [6.45, 7) is 4.90. The van der Waals surface area contributed by atoms with Gasteiger partial charge in [0, 0.05) is 6.54 Å². The number of rotatable bonds is 5. The van der Waals surface area contributed by atoms with E-state index >= 15 is 0 Å². The van der Waals surface area contributed by atoms with Crippen molar-refractivity contribution >= 4 is 32.7 Å². The van der Waals surface area contributed by atoms with Crippen LogP contribution in [0.2, 0.25) is 0 Å². The molecular weight excluding hydrogens is 258 g/mol. The highest BCUT2D eigenvalue weighted by Crippen LogP contribution is 2.26. The minimum atomic E-state index is -0.174. The molecule has 0 aliphatic rings. The molecule has 0 unspecified atom stereocenters. The largest absolute Gasteiger partial charge is 0.338 e. The Morgan fingerprint density at radius 3 is 3.00 bits per heavy atom. The second kappa shape index (κ2) is 6.52. The lowest BCUT2D eigenvalue weighted by Crippen LogP contribution is -2.29. The van der Waals surface area contributed by atoms with Crippen molar-refractivity contribution in [3.05, 3.63) is 23.8 Å². The second-order valence-electron chi connectivity index (χ2n) is 4.58. The number of aryl methyl sites for hydroxylation is 1. The third kappa shape index (κ3) is 3.92. The molecule has 2 aromatic rings. The number of thiazole rings is 1. The van der Waals surface area contributed by atoms with E-state index in [1.165, 1.54) is 16.9 Å². The van der Waals surface area contributed by atoms with Crippen molar-refractivity contribution in [1.82, 2.24) is 10.3 Å². The summed E-state index contributed by atoms with van der Waals surface area (Å²) in [7, 11) is 0. The van der Waals surface area contributed by atoms with E-state index < -0.39 is 0 Å². The van der Waals surface area contributed by atoms with Gasteiger partial charge >= 0.3 is 6.03 Å². The number of urea groups is 1. The van der Waals surface area contributed by atoms with Crippen molar-refractivity contribution in [2.75, 3.05) is 11.9 Å². The number of aromatic nitrogens is 1. The molecule has 0 saturated carbocycles. The molecule has 0 aliphatic heterocycles. The van der Waals surface area contributed by atoms with Gasteiger partial charge in [-0.25, -0.2) is 9.78 Å². The summed E-state index contributed by atoms with van der Waals surface area (Å²) in [5, 5.41) is 6.27. The molecule has 1 heterocycles. The van der Waals surface area contributed by atoms with Gasteiger partial charge in [-0.15, -0.1) is 0 Å². The highest BCUT2D eigenvalue weighted by molar-refractivity contribution is 7.22. The van der Waals surface area contributed by atoms with Crippen LogP contribution in [-0.4, -0.2) is 17.6 Å². The number of carbonyl (C=O) groups is 1. The lowest BCUT2D eigenvalue weighted by atomic mass is 10.2. The molecule has 5 heteroatoms. The molecule has 0 saturated heterocycles. The monoisotopic (exact) mass is 277 g/mol. The molecular formula is C14H19N3OS. The van der Waals surface area contributed by atoms with Crippen LogP contribution in [0.1, 0.15) is 31.7 Å². The number of amides is 2. The SMILES string of the molecule is CCCCCNC(=O)Nc1nc2ccc(C)cc2s1. The lowest BCUT2D eigenvalue weighted by Gasteiger charge is -2.04. The average Bonchev–Trinajstić information content (AvgIpc) is 2.76. The molecule has 2 amide bonds. The van der Waals surface area contributed by atoms with Crippen molar-refractivity contribution in [2.45, 2.75) is 33.1 Å². The highest BCUT2D eigenvalue weighted by atomic mass is 32.1. The third-order valence-electron chi connectivity index (χ3n) is 2.83. The van der Waals surface area contributed by atoms with Gasteiger partial charge in [0.05, 0.1) is 10.2 Å². The zero-order valence-electron chi connectivity index (χ0n) is 11.3. The van der Waals surface area contributed by atoms with Crippen molar-refractivity contribution in [3.8, 4) is 0 Å². The number of unbranched alkanes of at least 4 members (excludes halogenated alkanes) is 2. The molecule has 0 spiro atoms. The van der Waals surface area contributed by atoms with E-state index in [4.69, 9.17) is 0 Å². The van der Waals surface area contributed by atoms with Gasteiger partial charge in [0.1, 0.15) is 0 Å². The van der Waals surface area contributed by atoms with Crippen LogP contribution in [0.25, 0.3) is 10.2 Å². The first-order chi connectivity index (χ1) is 9.19. The van der Waals surface area contributed by atoms with Crippen LogP contribution in [-0.2, 0) is 0 Å². The van der Waals surface area contributed by atoms with Crippen molar-refractivity contribution in [1.29, 1.82) is 0 Å². The summed E-state index contributed by atoms with van der Waals surface area (Å²) in [5.74, 6) is 0. The number of carbonyl (C=O) groups excluding carboxylic acids is 1. The molecule has 4 nitrogen and oxygen atoms in total. The van der Waals surface area contributed by atoms with Gasteiger partial charge in [-0.2, -0.15) is 0 Å². The van der Waals surface area contributed by atoms with Gasteiger partial charge < -0.3 is 5.32 Å². The number of benzene rings is 1. The average molecular weight is 277 g/mol. The number of nitrogens with zero attached hydrogens (tertiary/aromatic N) is 1. The zero-order valence-corrected chi connectivity index (χ0v) is 12.1. The molecule has 0 radical (unpaired) electrons. The molecule has 1 aromatic carbocycles. The van der Waals surface area contributed by atoms with Crippen LogP contribution < -0.4 is 10.6 Å². The maximum absolute atomic E-state index is 11.7. The van der Waals surface area contributed by atoms with E-state index in [-0.39, 0.29) is 6.03 Å². The topological polar surface area (TPSA) is 54.0 Å². The van der Waals surface area contributed by atoms with Crippen LogP contribution in [0.4, 0.5) is 9.93 Å². The summed E-state index contributed by atoms with van der Waals surface area (Å²) in [5.41, 5.74) is 2.13. The second-order valence-corrected chi connectivity index (χ2v) is 5.61. The van der Waals surface area contributed by atoms with E-state index in [1.54, 1.807) is 0 Å². The number of hydrogen-bond donors (Lipinski definition) is 2. The van der Waals surface area contributed by atoms with Gasteiger partial charge in [-0.1, -0.05) is 37.2 Å². The molecule has 0 bridgehead atoms. The minimum absolute atomic E-state index is 0.174. The maximum atomic E-state index is 11.7. The fraction of sp³-hybridized carbons (Fsp3) is 0.429. The summed E-state index contributed by atoms with van der Waals surface area (Å²) in [4.78, 5) is 16.0. The predicted octanol–water partition coefficient (Wildman–Crippen LogP) is 3.92. The number of hydrogen-bond acceptors (Lipinski definition) is 3. The van der Waals surface area contributed by atoms with E-state index in [9.17, 15) is 4.79 Å². The quantitative estimate of drug-likeness (QED) is 0.814. The molecule has 19 heavy (non-hydrogen) atoms. The van der Waals surface area contributed by atoms with Crippen molar-refractivity contribution in [2.24, 2.45) is 0 Å². The van der Waals surface area contributed by atoms with Gasteiger partial charge in [-0.3, -0.25) is 5.32 Å². The van der Waals surface area contributed by atoms with Crippen LogP contribution in [0.5, 0.6) is 0 Å². The van der Waals surface area contributed by atoms with Crippen molar-refractivity contribution in [3.63, 3.8) is 0 Å². The predicted molar refractivity (Wildman–Crippen MR) is 80.9 cm³/mol. The number of fused-ring (bicyclic) bond motifs is 1. The number of anilines is 1. The summed E-state index contributed by atoms with van der Waals surface area (Å²) in [6, 6.07) is 5.91. The van der Waals surface area contributed by atoms with E-state index in [1.807, 2.05) is 19.1 Å². The molecule has 0 atom stereocenters. The first kappa shape index (κ1) is 13.8. The summed E-state index contributed by atoms with van der Waals surface area (Å²) >= 11 is 1.50. The maximum Gasteiger partial charge on any atom is 0.321 e. The van der Waals surface area contributed by atoms with Gasteiger partial charge in [0.25, 0.3) is 0 Å². The standard InChI is InChI=1S/C14H19N3OS/c1-3-4-5-8-15-13(18)17-14-16-11-7-6-10(2)9-12(11)19-14/h6-7,9H,3-5,8H2,1-2H3,(H2,15,16,17,18). The summed E-state index contributed by atoms with van der Waals surface area (Å²) in [6.07, 6.45) is 3.31. The van der Waals surface area contributed by atoms with Crippen LogP contribution in [0.3, 0.4) is 0 Å². The smallest absolute Gasteiger partial charge is 0.321 e. The fourth-order valence-corrected chi connectivity index (χ4v) is 2.76. The van der Waals surface area contributed by atoms with Gasteiger partial charge in [0.15, 0.2) is 5.13 Å². The third-order valence-corrected chi connectivity index (χ3v) is 3.76. The Morgan fingerprint density at radius 2 is 2.21 bits per heavy atom. The molecule has 1 aromatic heterocycles. The highest BCUT2D eigenvalue weighted by Gasteiger charge is 2.07. The molecule has 2 N–H and O–H groups in total. The van der Waals surface area contributed by atoms with Crippen LogP contribution in [0.15, 0.2) is 18.2 Å². The first-order valence-corrected chi connectivity index (χ1v) is 7.42. The van der Waals surface area contributed by atoms with Crippen LogP contribution >= 0.6 is 11.3 Å². The first-order valence-electron chi connectivity index (χ1n) is 6.61. The Bertz CT molecular complexity index is 565. The Hall–Kier alpha value is -1.62. The van der Waals surface area contributed by atoms with Crippen molar-refractivity contribution < 1.29 is 4.79 Å². The van der Waals surface area contributed by atoms with E-state index in [0.717, 1.165) is 29.5 Å². The molecule has 0 fully saturated rings. The molecule has 102 valence electrons. The van der Waals surface area contributed by atoms with E-state index in [0.29, 0.717) is 11.7 Å². The summed E-state index contributed by atoms with van der Waals surface area (Å²) < 4.78 is 1.10. The normalized spacial score (nSPS) is 10.6. The van der Waals surface area contributed by atoms with E-state index in [2.05, 4.69) is 28.6 Å². The number of nitrogens with one attached hydrogen (secondary N) is 2. The fourth-order valence-electron chi connectivity index (χ4n) is 1.80. The lowest BCUT2D eigenvalue weighted by molar-refractivity contribution is 0.252. The molecule has 2 rings (SSSR count). The van der Waals surface area contributed by atoms with Gasteiger partial charge in [0.2, 0.25) is 0 Å². The van der Waals surface area contributed by atoms with Gasteiger partial charge in [-0.05, 0) is 31.0 Å². The molecule has 0 aliphatic carbocycles. The van der Waals surface area contributed by atoms with Crippen LogP contribution in [0, 0.1) is 6.92 Å². The Labute approximate surface area is 117 Å². The Balaban J connectivity index is 1.91. The minimum Gasteiger partial charge on any atom is -0.338 e.